The van der Waals surface area contributed by atoms with Gasteiger partial charge in [-0.2, -0.15) is 0 Å². The number of hydrogen-bond donors (Lipinski definition) is 1. The number of nitrogens with zero attached hydrogens (tertiary/aromatic N) is 1. The number of pyridine rings is 1. The van der Waals surface area contributed by atoms with Crippen molar-refractivity contribution in [2.75, 3.05) is 13.2 Å². The second-order valence-electron chi connectivity index (χ2n) is 6.91. The summed E-state index contributed by atoms with van der Waals surface area (Å²) >= 11 is 0.907. The molecule has 1 fully saturated rings. The first-order valence-corrected chi connectivity index (χ1v) is 11.0. The van der Waals surface area contributed by atoms with Gasteiger partial charge in [-0.3, -0.25) is 19.9 Å². The first-order valence-electron chi connectivity index (χ1n) is 10.2. The summed E-state index contributed by atoms with van der Waals surface area (Å²) in [4.78, 5) is 27.6. The van der Waals surface area contributed by atoms with E-state index in [1.165, 1.54) is 19.3 Å². The Labute approximate surface area is 181 Å². The summed E-state index contributed by atoms with van der Waals surface area (Å²) in [6, 6.07) is 11.3. The number of benzene rings is 1. The average molecular weight is 427 g/mol. The second kappa shape index (κ2) is 11.4. The largest absolute Gasteiger partial charge is 0.493 e. The van der Waals surface area contributed by atoms with E-state index in [9.17, 15) is 9.59 Å². The molecule has 0 saturated carbocycles. The van der Waals surface area contributed by atoms with Crippen molar-refractivity contribution in [3.63, 3.8) is 0 Å². The van der Waals surface area contributed by atoms with Crippen LogP contribution in [0.3, 0.4) is 0 Å². The highest BCUT2D eigenvalue weighted by atomic mass is 32.2. The molecule has 2 heterocycles. The number of hydrogen-bond acceptors (Lipinski definition) is 6. The standard InChI is InChI=1S/C23H26N2O4S/c1-2-3-4-5-13-28-20-11-8-18(24-16-20)12-14-29-19-9-6-17(7-10-19)15-21-22(26)25-23(27)30-21/h6-11,15-16H,2-5,12-14H2,1H3,(H,25,26,27). The van der Waals surface area contributed by atoms with Crippen LogP contribution in [0, 0.1) is 0 Å². The molecule has 1 aliphatic rings. The fourth-order valence-corrected chi connectivity index (χ4v) is 3.55. The number of rotatable bonds is 11. The van der Waals surface area contributed by atoms with Crippen LogP contribution < -0.4 is 14.8 Å². The fourth-order valence-electron chi connectivity index (χ4n) is 2.87. The van der Waals surface area contributed by atoms with Crippen molar-refractivity contribution in [1.82, 2.24) is 10.3 Å². The van der Waals surface area contributed by atoms with E-state index < -0.39 is 0 Å². The smallest absolute Gasteiger partial charge is 0.290 e. The van der Waals surface area contributed by atoms with Crippen LogP contribution in [-0.4, -0.2) is 29.3 Å². The van der Waals surface area contributed by atoms with E-state index in [0.717, 1.165) is 47.5 Å². The maximum atomic E-state index is 11.6. The van der Waals surface area contributed by atoms with E-state index in [1.54, 1.807) is 12.3 Å². The summed E-state index contributed by atoms with van der Waals surface area (Å²) in [5.74, 6) is 1.19. The fraction of sp³-hybridized carbons (Fsp3) is 0.348. The molecule has 1 aromatic heterocycles. The minimum Gasteiger partial charge on any atom is -0.493 e. The Balaban J connectivity index is 1.40. The molecule has 1 saturated heterocycles. The van der Waals surface area contributed by atoms with E-state index in [-0.39, 0.29) is 11.1 Å². The van der Waals surface area contributed by atoms with Crippen molar-refractivity contribution in [3.05, 3.63) is 58.8 Å². The Morgan fingerprint density at radius 2 is 1.73 bits per heavy atom. The number of nitrogens with one attached hydrogen (secondary N) is 1. The predicted octanol–water partition coefficient (Wildman–Crippen LogP) is 4.99. The molecule has 30 heavy (non-hydrogen) atoms. The van der Waals surface area contributed by atoms with Crippen molar-refractivity contribution in [2.24, 2.45) is 0 Å². The van der Waals surface area contributed by atoms with E-state index in [1.807, 2.05) is 36.4 Å². The van der Waals surface area contributed by atoms with Gasteiger partial charge in [0, 0.05) is 12.1 Å². The highest BCUT2D eigenvalue weighted by Crippen LogP contribution is 2.26. The summed E-state index contributed by atoms with van der Waals surface area (Å²) in [7, 11) is 0. The monoisotopic (exact) mass is 426 g/mol. The van der Waals surface area contributed by atoms with Gasteiger partial charge in [0.25, 0.3) is 11.1 Å². The zero-order chi connectivity index (χ0) is 21.2. The number of aromatic nitrogens is 1. The Morgan fingerprint density at radius 3 is 2.40 bits per heavy atom. The molecule has 0 bridgehead atoms. The normalized spacial score (nSPS) is 14.8. The molecule has 0 spiro atoms. The average Bonchev–Trinajstić information content (AvgIpc) is 3.07. The number of imide groups is 1. The Morgan fingerprint density at radius 1 is 0.967 bits per heavy atom. The summed E-state index contributed by atoms with van der Waals surface area (Å²) in [5.41, 5.74) is 1.78. The summed E-state index contributed by atoms with van der Waals surface area (Å²) in [6.45, 7) is 3.44. The second-order valence-corrected chi connectivity index (χ2v) is 7.93. The zero-order valence-electron chi connectivity index (χ0n) is 17.1. The molecule has 1 aromatic carbocycles. The lowest BCUT2D eigenvalue weighted by Gasteiger charge is -2.08. The molecule has 0 unspecified atom stereocenters. The van der Waals surface area contributed by atoms with E-state index >= 15 is 0 Å². The van der Waals surface area contributed by atoms with Gasteiger partial charge in [-0.1, -0.05) is 38.3 Å². The molecular weight excluding hydrogens is 400 g/mol. The molecule has 6 nitrogen and oxygen atoms in total. The third-order valence-corrected chi connectivity index (χ3v) is 5.32. The van der Waals surface area contributed by atoms with Gasteiger partial charge < -0.3 is 9.47 Å². The number of carbonyl (C=O) groups is 2. The first kappa shape index (κ1) is 21.9. The minimum atomic E-state index is -0.356. The van der Waals surface area contributed by atoms with Gasteiger partial charge in [0.1, 0.15) is 11.5 Å². The van der Waals surface area contributed by atoms with Crippen LogP contribution in [0.5, 0.6) is 11.5 Å². The van der Waals surface area contributed by atoms with Crippen LogP contribution in [0.2, 0.25) is 0 Å². The number of unbranched alkanes of at least 4 members (excludes halogenated alkanes) is 3. The van der Waals surface area contributed by atoms with Crippen LogP contribution >= 0.6 is 11.8 Å². The molecule has 158 valence electrons. The molecule has 2 amide bonds. The summed E-state index contributed by atoms with van der Waals surface area (Å²) in [5, 5.41) is 1.90. The van der Waals surface area contributed by atoms with Gasteiger partial charge in [-0.05, 0) is 54.1 Å². The van der Waals surface area contributed by atoms with Gasteiger partial charge in [0.2, 0.25) is 0 Å². The highest BCUT2D eigenvalue weighted by Gasteiger charge is 2.24. The summed E-state index contributed by atoms with van der Waals surface area (Å²) < 4.78 is 11.5. The molecule has 1 N–H and O–H groups in total. The van der Waals surface area contributed by atoms with Crippen LogP contribution in [-0.2, 0) is 11.2 Å². The highest BCUT2D eigenvalue weighted by molar-refractivity contribution is 8.18. The van der Waals surface area contributed by atoms with Gasteiger partial charge in [0.15, 0.2) is 0 Å². The van der Waals surface area contributed by atoms with Gasteiger partial charge in [0.05, 0.1) is 24.3 Å². The number of carbonyl (C=O) groups excluding carboxylic acids is 2. The maximum Gasteiger partial charge on any atom is 0.290 e. The molecular formula is C23H26N2O4S. The Hall–Kier alpha value is -2.80. The molecule has 0 atom stereocenters. The maximum absolute atomic E-state index is 11.6. The van der Waals surface area contributed by atoms with Gasteiger partial charge in [-0.15, -0.1) is 0 Å². The lowest BCUT2D eigenvalue weighted by atomic mass is 10.2. The number of amides is 2. The van der Waals surface area contributed by atoms with Crippen LogP contribution in [0.1, 0.15) is 43.9 Å². The molecule has 3 rings (SSSR count). The summed E-state index contributed by atoms with van der Waals surface area (Å²) in [6.07, 6.45) is 8.89. The quantitative estimate of drug-likeness (QED) is 0.403. The third-order valence-electron chi connectivity index (χ3n) is 4.51. The zero-order valence-corrected chi connectivity index (χ0v) is 17.9. The molecule has 0 radical (unpaired) electrons. The lowest BCUT2D eigenvalue weighted by Crippen LogP contribution is -2.17. The first-order chi connectivity index (χ1) is 14.6. The van der Waals surface area contributed by atoms with E-state index in [0.29, 0.717) is 17.9 Å². The van der Waals surface area contributed by atoms with Crippen molar-refractivity contribution >= 4 is 29.0 Å². The minimum absolute atomic E-state index is 0.341. The molecule has 7 heteroatoms. The van der Waals surface area contributed by atoms with Crippen LogP contribution in [0.4, 0.5) is 4.79 Å². The Bertz CT molecular complexity index is 879. The van der Waals surface area contributed by atoms with Crippen molar-refractivity contribution < 1.29 is 19.1 Å². The van der Waals surface area contributed by atoms with Gasteiger partial charge >= 0.3 is 0 Å². The number of ether oxygens (including phenoxy) is 2. The topological polar surface area (TPSA) is 77.5 Å². The van der Waals surface area contributed by atoms with Crippen LogP contribution in [0.15, 0.2) is 47.5 Å². The SMILES string of the molecule is CCCCCCOc1ccc(CCOc2ccc(C=C3SC(=O)NC3=O)cc2)nc1. The number of thioether (sulfide) groups is 1. The Kier molecular flexibility index (Phi) is 8.32. The molecule has 0 aliphatic carbocycles. The van der Waals surface area contributed by atoms with Crippen molar-refractivity contribution in [1.29, 1.82) is 0 Å². The molecule has 2 aromatic rings. The third kappa shape index (κ3) is 6.91. The van der Waals surface area contributed by atoms with Crippen LogP contribution in [0.25, 0.3) is 6.08 Å². The van der Waals surface area contributed by atoms with Crippen molar-refractivity contribution in [3.8, 4) is 11.5 Å². The van der Waals surface area contributed by atoms with Gasteiger partial charge in [-0.25, -0.2) is 0 Å². The lowest BCUT2D eigenvalue weighted by molar-refractivity contribution is -0.115. The van der Waals surface area contributed by atoms with E-state index in [2.05, 4.69) is 17.2 Å². The van der Waals surface area contributed by atoms with E-state index in [4.69, 9.17) is 9.47 Å². The molecule has 1 aliphatic heterocycles. The predicted molar refractivity (Wildman–Crippen MR) is 119 cm³/mol. The van der Waals surface area contributed by atoms with Crippen molar-refractivity contribution in [2.45, 2.75) is 39.0 Å².